The van der Waals surface area contributed by atoms with E-state index in [-0.39, 0.29) is 18.6 Å². The maximum atomic E-state index is 12.0. The molecule has 0 radical (unpaired) electrons. The Morgan fingerprint density at radius 2 is 1.95 bits per heavy atom. The van der Waals surface area contributed by atoms with Gasteiger partial charge >= 0.3 is 0 Å². The number of hydrogen-bond acceptors (Lipinski definition) is 3. The van der Waals surface area contributed by atoms with E-state index in [1.807, 2.05) is 45.0 Å². The van der Waals surface area contributed by atoms with Crippen LogP contribution in [0.5, 0.6) is 5.75 Å². The number of carbonyl (C=O) groups is 1. The van der Waals surface area contributed by atoms with E-state index in [1.54, 1.807) is 4.90 Å². The SMILES string of the molecule is Cc1ccc(OCCC(=O)N(CCO)C(C)C)cc1. The highest BCUT2D eigenvalue weighted by atomic mass is 16.5. The number of aliphatic hydroxyl groups excluding tert-OH is 1. The molecule has 0 aliphatic carbocycles. The van der Waals surface area contributed by atoms with Gasteiger partial charge in [0.2, 0.25) is 5.91 Å². The maximum absolute atomic E-state index is 12.0. The fraction of sp³-hybridized carbons (Fsp3) is 0.533. The minimum atomic E-state index is -0.0112. The molecule has 0 fully saturated rings. The molecule has 1 amide bonds. The van der Waals surface area contributed by atoms with Crippen LogP contribution in [0.2, 0.25) is 0 Å². The second kappa shape index (κ2) is 7.79. The summed E-state index contributed by atoms with van der Waals surface area (Å²) in [5.41, 5.74) is 1.18. The molecular weight excluding hydrogens is 242 g/mol. The molecule has 0 atom stereocenters. The molecular formula is C15H23NO3. The van der Waals surface area contributed by atoms with Crippen LogP contribution < -0.4 is 4.74 Å². The third kappa shape index (κ3) is 5.30. The first-order valence-corrected chi connectivity index (χ1v) is 6.64. The monoisotopic (exact) mass is 265 g/mol. The van der Waals surface area contributed by atoms with Gasteiger partial charge in [-0.15, -0.1) is 0 Å². The molecule has 19 heavy (non-hydrogen) atoms. The van der Waals surface area contributed by atoms with E-state index in [4.69, 9.17) is 9.84 Å². The average molecular weight is 265 g/mol. The zero-order valence-electron chi connectivity index (χ0n) is 11.9. The molecule has 4 heteroatoms. The van der Waals surface area contributed by atoms with Crippen LogP contribution >= 0.6 is 0 Å². The Balaban J connectivity index is 2.39. The fourth-order valence-electron chi connectivity index (χ4n) is 1.81. The smallest absolute Gasteiger partial charge is 0.226 e. The van der Waals surface area contributed by atoms with Gasteiger partial charge in [-0.05, 0) is 32.9 Å². The van der Waals surface area contributed by atoms with E-state index in [0.29, 0.717) is 19.6 Å². The van der Waals surface area contributed by atoms with Crippen molar-refractivity contribution in [3.8, 4) is 5.75 Å². The van der Waals surface area contributed by atoms with E-state index < -0.39 is 0 Å². The van der Waals surface area contributed by atoms with E-state index in [9.17, 15) is 4.79 Å². The Labute approximate surface area is 115 Å². The van der Waals surface area contributed by atoms with Crippen molar-refractivity contribution in [1.82, 2.24) is 4.90 Å². The van der Waals surface area contributed by atoms with Gasteiger partial charge in [0.1, 0.15) is 5.75 Å². The van der Waals surface area contributed by atoms with Crippen molar-refractivity contribution >= 4 is 5.91 Å². The number of ether oxygens (including phenoxy) is 1. The topological polar surface area (TPSA) is 49.8 Å². The van der Waals surface area contributed by atoms with Crippen molar-refractivity contribution in [2.45, 2.75) is 33.2 Å². The fourth-order valence-corrected chi connectivity index (χ4v) is 1.81. The number of amides is 1. The molecule has 1 aromatic carbocycles. The summed E-state index contributed by atoms with van der Waals surface area (Å²) < 4.78 is 5.53. The highest BCUT2D eigenvalue weighted by molar-refractivity contribution is 5.76. The third-order valence-electron chi connectivity index (χ3n) is 2.89. The Kier molecular flexibility index (Phi) is 6.36. The summed E-state index contributed by atoms with van der Waals surface area (Å²) in [4.78, 5) is 13.6. The summed E-state index contributed by atoms with van der Waals surface area (Å²) in [5, 5.41) is 8.94. The number of hydrogen-bond donors (Lipinski definition) is 1. The molecule has 0 saturated carbocycles. The molecule has 1 rings (SSSR count). The lowest BCUT2D eigenvalue weighted by Crippen LogP contribution is -2.39. The highest BCUT2D eigenvalue weighted by Gasteiger charge is 2.15. The maximum Gasteiger partial charge on any atom is 0.226 e. The predicted molar refractivity (Wildman–Crippen MR) is 75.2 cm³/mol. The first kappa shape index (κ1) is 15.5. The molecule has 0 spiro atoms. The van der Waals surface area contributed by atoms with Crippen molar-refractivity contribution in [2.24, 2.45) is 0 Å². The second-order valence-electron chi connectivity index (χ2n) is 4.82. The Morgan fingerprint density at radius 1 is 1.32 bits per heavy atom. The number of aliphatic hydroxyl groups is 1. The van der Waals surface area contributed by atoms with E-state index in [0.717, 1.165) is 5.75 Å². The average Bonchev–Trinajstić information content (AvgIpc) is 2.37. The summed E-state index contributed by atoms with van der Waals surface area (Å²) in [5.74, 6) is 0.785. The van der Waals surface area contributed by atoms with Crippen LogP contribution in [0, 0.1) is 6.92 Å². The second-order valence-corrected chi connectivity index (χ2v) is 4.82. The van der Waals surface area contributed by atoms with Crippen molar-refractivity contribution in [1.29, 1.82) is 0 Å². The lowest BCUT2D eigenvalue weighted by atomic mass is 10.2. The van der Waals surface area contributed by atoms with Crippen LogP contribution in [0.15, 0.2) is 24.3 Å². The van der Waals surface area contributed by atoms with Crippen LogP contribution in [-0.4, -0.2) is 41.7 Å². The summed E-state index contributed by atoms with van der Waals surface area (Å²) in [7, 11) is 0. The third-order valence-corrected chi connectivity index (χ3v) is 2.89. The summed E-state index contributed by atoms with van der Waals surface area (Å²) in [6.07, 6.45) is 0.325. The quantitative estimate of drug-likeness (QED) is 0.820. The molecule has 0 unspecified atom stereocenters. The molecule has 0 aliphatic rings. The number of nitrogens with zero attached hydrogens (tertiary/aromatic N) is 1. The normalized spacial score (nSPS) is 10.6. The van der Waals surface area contributed by atoms with Crippen molar-refractivity contribution in [3.63, 3.8) is 0 Å². The summed E-state index contributed by atoms with van der Waals surface area (Å²) in [6, 6.07) is 7.84. The van der Waals surface area contributed by atoms with E-state index in [1.165, 1.54) is 5.56 Å². The minimum absolute atomic E-state index is 0.0103. The zero-order valence-corrected chi connectivity index (χ0v) is 11.9. The van der Waals surface area contributed by atoms with Crippen LogP contribution in [0.3, 0.4) is 0 Å². The molecule has 4 nitrogen and oxygen atoms in total. The van der Waals surface area contributed by atoms with Gasteiger partial charge in [0.25, 0.3) is 0 Å². The Bertz CT molecular complexity index is 387. The van der Waals surface area contributed by atoms with E-state index >= 15 is 0 Å². The molecule has 0 aliphatic heterocycles. The minimum Gasteiger partial charge on any atom is -0.493 e. The van der Waals surface area contributed by atoms with Gasteiger partial charge in [-0.1, -0.05) is 17.7 Å². The number of carbonyl (C=O) groups excluding carboxylic acids is 1. The van der Waals surface area contributed by atoms with Gasteiger partial charge in [0, 0.05) is 12.6 Å². The summed E-state index contributed by atoms with van der Waals surface area (Å²) in [6.45, 7) is 6.62. The van der Waals surface area contributed by atoms with Crippen LogP contribution in [-0.2, 0) is 4.79 Å². The largest absolute Gasteiger partial charge is 0.493 e. The number of rotatable bonds is 7. The Hall–Kier alpha value is -1.55. The molecule has 0 aromatic heterocycles. The van der Waals surface area contributed by atoms with Gasteiger partial charge in [-0.25, -0.2) is 0 Å². The van der Waals surface area contributed by atoms with Crippen LogP contribution in [0.4, 0.5) is 0 Å². The predicted octanol–water partition coefficient (Wildman–Crippen LogP) is 1.99. The van der Waals surface area contributed by atoms with Gasteiger partial charge < -0.3 is 14.7 Å². The zero-order chi connectivity index (χ0) is 14.3. The van der Waals surface area contributed by atoms with Gasteiger partial charge in [-0.2, -0.15) is 0 Å². The van der Waals surface area contributed by atoms with Crippen LogP contribution in [0.1, 0.15) is 25.8 Å². The van der Waals surface area contributed by atoms with Crippen molar-refractivity contribution in [2.75, 3.05) is 19.8 Å². The number of benzene rings is 1. The molecule has 0 heterocycles. The highest BCUT2D eigenvalue weighted by Crippen LogP contribution is 2.12. The molecule has 1 N–H and O–H groups in total. The van der Waals surface area contributed by atoms with Gasteiger partial charge in [0.05, 0.1) is 19.6 Å². The van der Waals surface area contributed by atoms with Gasteiger partial charge in [-0.3, -0.25) is 4.79 Å². The number of aryl methyl sites for hydroxylation is 1. The molecule has 106 valence electrons. The van der Waals surface area contributed by atoms with Gasteiger partial charge in [0.15, 0.2) is 0 Å². The van der Waals surface area contributed by atoms with Crippen molar-refractivity contribution < 1.29 is 14.6 Å². The lowest BCUT2D eigenvalue weighted by Gasteiger charge is -2.25. The molecule has 0 saturated heterocycles. The molecule has 1 aromatic rings. The van der Waals surface area contributed by atoms with E-state index in [2.05, 4.69) is 0 Å². The Morgan fingerprint density at radius 3 is 2.47 bits per heavy atom. The van der Waals surface area contributed by atoms with Crippen LogP contribution in [0.25, 0.3) is 0 Å². The standard InChI is InChI=1S/C15H23NO3/c1-12(2)16(9-10-17)15(18)8-11-19-14-6-4-13(3)5-7-14/h4-7,12,17H,8-11H2,1-3H3. The molecule has 0 bridgehead atoms. The first-order chi connectivity index (χ1) is 9.04. The van der Waals surface area contributed by atoms with Crippen molar-refractivity contribution in [3.05, 3.63) is 29.8 Å². The first-order valence-electron chi connectivity index (χ1n) is 6.64. The summed E-state index contributed by atoms with van der Waals surface area (Å²) >= 11 is 0. The lowest BCUT2D eigenvalue weighted by molar-refractivity contribution is -0.133.